The standard InChI is InChI=1S/C21H30F3N3O2.HI/c1-20(2,3)29-17-6-5-16(18(13-17)21(22,23)24)14-27-19(25-4)26-10-7-15-8-11-28-12-9-15;/h5-6,8,13H,7,9-12,14H2,1-4H3,(H2,25,26,27);1H. The summed E-state index contributed by atoms with van der Waals surface area (Å²) in [5.74, 6) is 0.654. The lowest BCUT2D eigenvalue weighted by Crippen LogP contribution is -2.37. The first-order valence-electron chi connectivity index (χ1n) is 9.68. The van der Waals surface area contributed by atoms with Gasteiger partial charge in [-0.15, -0.1) is 24.0 Å². The Bertz CT molecular complexity index is 744. The van der Waals surface area contributed by atoms with Gasteiger partial charge in [-0.25, -0.2) is 0 Å². The van der Waals surface area contributed by atoms with Crippen LogP contribution in [0.25, 0.3) is 0 Å². The van der Waals surface area contributed by atoms with Gasteiger partial charge in [0.2, 0.25) is 0 Å². The third-order valence-corrected chi connectivity index (χ3v) is 4.28. The minimum atomic E-state index is -4.47. The Kier molecular flexibility index (Phi) is 10.4. The predicted molar refractivity (Wildman–Crippen MR) is 124 cm³/mol. The summed E-state index contributed by atoms with van der Waals surface area (Å²) in [4.78, 5) is 4.09. The van der Waals surface area contributed by atoms with Gasteiger partial charge in [-0.05, 0) is 51.3 Å². The molecule has 2 N–H and O–H groups in total. The van der Waals surface area contributed by atoms with E-state index >= 15 is 0 Å². The first kappa shape index (κ1) is 26.5. The summed E-state index contributed by atoms with van der Waals surface area (Å²) in [6, 6.07) is 4.05. The monoisotopic (exact) mass is 541 g/mol. The summed E-state index contributed by atoms with van der Waals surface area (Å²) in [7, 11) is 1.59. The Morgan fingerprint density at radius 2 is 1.93 bits per heavy atom. The van der Waals surface area contributed by atoms with Gasteiger partial charge in [-0.3, -0.25) is 4.99 Å². The molecule has 0 saturated carbocycles. The Morgan fingerprint density at radius 3 is 2.50 bits per heavy atom. The van der Waals surface area contributed by atoms with E-state index in [9.17, 15) is 13.2 Å². The van der Waals surface area contributed by atoms with Crippen LogP contribution in [-0.2, 0) is 17.5 Å². The Balaban J connectivity index is 0.00000450. The average Bonchev–Trinajstić information content (AvgIpc) is 2.64. The fraction of sp³-hybridized carbons (Fsp3) is 0.571. The van der Waals surface area contributed by atoms with Crippen LogP contribution in [0.1, 0.15) is 44.7 Å². The highest BCUT2D eigenvalue weighted by Gasteiger charge is 2.34. The summed E-state index contributed by atoms with van der Waals surface area (Å²) in [5.41, 5.74) is 0.158. The zero-order chi connectivity index (χ0) is 21.5. The number of hydrogen-bond donors (Lipinski definition) is 2. The molecule has 5 nitrogen and oxygen atoms in total. The second kappa shape index (κ2) is 11.8. The van der Waals surface area contributed by atoms with Crippen molar-refractivity contribution in [3.05, 3.63) is 41.0 Å². The number of ether oxygens (including phenoxy) is 2. The number of aliphatic imine (C=N–C) groups is 1. The van der Waals surface area contributed by atoms with Crippen molar-refractivity contribution < 1.29 is 22.6 Å². The van der Waals surface area contributed by atoms with Crippen LogP contribution in [0.5, 0.6) is 5.75 Å². The molecule has 0 fully saturated rings. The fourth-order valence-corrected chi connectivity index (χ4v) is 2.92. The van der Waals surface area contributed by atoms with E-state index in [-0.39, 0.29) is 41.8 Å². The third kappa shape index (κ3) is 9.11. The normalized spacial score (nSPS) is 15.2. The van der Waals surface area contributed by atoms with E-state index in [1.807, 2.05) is 0 Å². The van der Waals surface area contributed by atoms with Crippen LogP contribution in [0.4, 0.5) is 13.2 Å². The van der Waals surface area contributed by atoms with Crippen LogP contribution >= 0.6 is 24.0 Å². The molecule has 1 aromatic rings. The molecule has 0 radical (unpaired) electrons. The Morgan fingerprint density at radius 1 is 1.20 bits per heavy atom. The second-order valence-electron chi connectivity index (χ2n) is 7.82. The summed E-state index contributed by atoms with van der Waals surface area (Å²) in [6.07, 6.45) is -0.652. The van der Waals surface area contributed by atoms with Crippen molar-refractivity contribution in [3.63, 3.8) is 0 Å². The number of halogens is 4. The molecule has 0 saturated heterocycles. The molecule has 0 atom stereocenters. The van der Waals surface area contributed by atoms with E-state index in [0.29, 0.717) is 19.1 Å². The lowest BCUT2D eigenvalue weighted by molar-refractivity contribution is -0.138. The number of nitrogens with zero attached hydrogens (tertiary/aromatic N) is 1. The van der Waals surface area contributed by atoms with Crippen LogP contribution in [0.15, 0.2) is 34.8 Å². The maximum Gasteiger partial charge on any atom is 0.416 e. The summed E-state index contributed by atoms with van der Waals surface area (Å²) >= 11 is 0. The molecule has 30 heavy (non-hydrogen) atoms. The van der Waals surface area contributed by atoms with Crippen molar-refractivity contribution in [2.24, 2.45) is 4.99 Å². The molecule has 1 heterocycles. The highest BCUT2D eigenvalue weighted by molar-refractivity contribution is 14.0. The maximum absolute atomic E-state index is 13.5. The van der Waals surface area contributed by atoms with Gasteiger partial charge in [0.05, 0.1) is 18.8 Å². The number of rotatable bonds is 6. The molecule has 1 aliphatic rings. The SMILES string of the molecule is CN=C(NCCC1=CCOCC1)NCc1ccc(OC(C)(C)C)cc1C(F)(F)F.I. The lowest BCUT2D eigenvalue weighted by Gasteiger charge is -2.23. The molecule has 2 rings (SSSR count). The van der Waals surface area contributed by atoms with Crippen molar-refractivity contribution in [1.29, 1.82) is 0 Å². The van der Waals surface area contributed by atoms with Crippen LogP contribution in [0, 0.1) is 0 Å². The zero-order valence-electron chi connectivity index (χ0n) is 17.9. The minimum absolute atomic E-state index is 0. The summed E-state index contributed by atoms with van der Waals surface area (Å²) in [6.45, 7) is 7.40. The molecule has 0 aromatic heterocycles. The predicted octanol–water partition coefficient (Wildman–Crippen LogP) is 4.90. The van der Waals surface area contributed by atoms with Crippen molar-refractivity contribution in [2.75, 3.05) is 26.8 Å². The fourth-order valence-electron chi connectivity index (χ4n) is 2.92. The van der Waals surface area contributed by atoms with Crippen molar-refractivity contribution in [2.45, 2.75) is 51.9 Å². The minimum Gasteiger partial charge on any atom is -0.488 e. The summed E-state index contributed by atoms with van der Waals surface area (Å²) < 4.78 is 51.4. The van der Waals surface area contributed by atoms with E-state index in [0.717, 1.165) is 25.5 Å². The number of guanidine groups is 1. The van der Waals surface area contributed by atoms with Crippen molar-refractivity contribution in [3.8, 4) is 5.75 Å². The molecular formula is C21H31F3IN3O2. The van der Waals surface area contributed by atoms with Gasteiger partial charge in [-0.2, -0.15) is 13.2 Å². The zero-order valence-corrected chi connectivity index (χ0v) is 20.2. The van der Waals surface area contributed by atoms with Crippen LogP contribution < -0.4 is 15.4 Å². The van der Waals surface area contributed by atoms with Gasteiger partial charge in [0.1, 0.15) is 11.4 Å². The number of benzene rings is 1. The van der Waals surface area contributed by atoms with Gasteiger partial charge in [0.15, 0.2) is 5.96 Å². The first-order chi connectivity index (χ1) is 13.6. The van der Waals surface area contributed by atoms with E-state index in [2.05, 4.69) is 21.7 Å². The van der Waals surface area contributed by atoms with Crippen molar-refractivity contribution in [1.82, 2.24) is 10.6 Å². The Hall–Kier alpha value is -1.49. The van der Waals surface area contributed by atoms with Crippen LogP contribution in [0.2, 0.25) is 0 Å². The van der Waals surface area contributed by atoms with Gasteiger partial charge in [0, 0.05) is 20.1 Å². The number of nitrogens with one attached hydrogen (secondary N) is 2. The van der Waals surface area contributed by atoms with E-state index in [1.165, 1.54) is 11.6 Å². The first-order valence-corrected chi connectivity index (χ1v) is 9.68. The molecule has 0 bridgehead atoms. The van der Waals surface area contributed by atoms with Gasteiger partial charge in [-0.1, -0.05) is 17.7 Å². The molecule has 0 spiro atoms. The summed E-state index contributed by atoms with van der Waals surface area (Å²) in [5, 5.41) is 6.10. The van der Waals surface area contributed by atoms with Crippen molar-refractivity contribution >= 4 is 29.9 Å². The van der Waals surface area contributed by atoms with E-state index < -0.39 is 17.3 Å². The Labute approximate surface area is 193 Å². The molecule has 1 aliphatic heterocycles. The highest BCUT2D eigenvalue weighted by Crippen LogP contribution is 2.35. The lowest BCUT2D eigenvalue weighted by atomic mass is 10.1. The molecule has 170 valence electrons. The highest BCUT2D eigenvalue weighted by atomic mass is 127. The second-order valence-corrected chi connectivity index (χ2v) is 7.82. The van der Waals surface area contributed by atoms with Gasteiger partial charge < -0.3 is 20.1 Å². The molecule has 1 aromatic carbocycles. The van der Waals surface area contributed by atoms with Gasteiger partial charge in [0.25, 0.3) is 0 Å². The van der Waals surface area contributed by atoms with E-state index in [4.69, 9.17) is 9.47 Å². The van der Waals surface area contributed by atoms with Crippen LogP contribution in [-0.4, -0.2) is 38.4 Å². The van der Waals surface area contributed by atoms with E-state index in [1.54, 1.807) is 33.9 Å². The number of hydrogen-bond acceptors (Lipinski definition) is 3. The molecular weight excluding hydrogens is 510 g/mol. The van der Waals surface area contributed by atoms with Crippen LogP contribution in [0.3, 0.4) is 0 Å². The average molecular weight is 541 g/mol. The number of alkyl halides is 3. The largest absolute Gasteiger partial charge is 0.488 e. The molecule has 0 aliphatic carbocycles. The van der Waals surface area contributed by atoms with Gasteiger partial charge >= 0.3 is 6.18 Å². The third-order valence-electron chi connectivity index (χ3n) is 4.28. The molecule has 0 unspecified atom stereocenters. The smallest absolute Gasteiger partial charge is 0.416 e. The maximum atomic E-state index is 13.5. The molecule has 9 heteroatoms. The molecule has 0 amide bonds. The topological polar surface area (TPSA) is 54.9 Å². The quantitative estimate of drug-likeness (QED) is 0.233.